The monoisotopic (exact) mass is 216 g/mol. The van der Waals surface area contributed by atoms with E-state index in [4.69, 9.17) is 9.47 Å². The van der Waals surface area contributed by atoms with E-state index in [9.17, 15) is 4.79 Å². The van der Waals surface area contributed by atoms with Crippen molar-refractivity contribution in [1.82, 2.24) is 10.6 Å². The van der Waals surface area contributed by atoms with Gasteiger partial charge in [-0.05, 0) is 19.4 Å². The van der Waals surface area contributed by atoms with Gasteiger partial charge in [0.05, 0.1) is 12.6 Å². The van der Waals surface area contributed by atoms with Crippen molar-refractivity contribution in [2.45, 2.75) is 31.6 Å². The van der Waals surface area contributed by atoms with Crippen LogP contribution in [0.5, 0.6) is 0 Å². The molecule has 15 heavy (non-hydrogen) atoms. The molecule has 1 unspecified atom stereocenters. The molecule has 1 atom stereocenters. The van der Waals surface area contributed by atoms with Crippen LogP contribution in [0.1, 0.15) is 19.3 Å². The first-order valence-electron chi connectivity index (χ1n) is 5.34. The van der Waals surface area contributed by atoms with Gasteiger partial charge >= 0.3 is 0 Å². The summed E-state index contributed by atoms with van der Waals surface area (Å²) in [5.41, 5.74) is 0. The zero-order valence-corrected chi connectivity index (χ0v) is 9.41. The van der Waals surface area contributed by atoms with Gasteiger partial charge in [0, 0.05) is 14.2 Å². The average Bonchev–Trinajstić information content (AvgIpc) is 2.31. The molecule has 5 nitrogen and oxygen atoms in total. The summed E-state index contributed by atoms with van der Waals surface area (Å²) in [4.78, 5) is 11.6. The lowest BCUT2D eigenvalue weighted by atomic mass is 10.0. The molecule has 1 heterocycles. The largest absolute Gasteiger partial charge is 0.354 e. The van der Waals surface area contributed by atoms with Gasteiger partial charge in [-0.15, -0.1) is 0 Å². The Morgan fingerprint density at radius 1 is 1.47 bits per heavy atom. The topological polar surface area (TPSA) is 59.6 Å². The molecular formula is C10H20N2O3. The molecule has 0 aromatic rings. The fraction of sp³-hybridized carbons (Fsp3) is 0.900. The van der Waals surface area contributed by atoms with Crippen molar-refractivity contribution in [3.8, 4) is 0 Å². The normalized spacial score (nSPS) is 21.7. The van der Waals surface area contributed by atoms with E-state index in [0.29, 0.717) is 6.54 Å². The van der Waals surface area contributed by atoms with Crippen molar-refractivity contribution < 1.29 is 14.3 Å². The van der Waals surface area contributed by atoms with E-state index in [-0.39, 0.29) is 18.2 Å². The van der Waals surface area contributed by atoms with Crippen LogP contribution in [0, 0.1) is 0 Å². The highest BCUT2D eigenvalue weighted by atomic mass is 16.7. The number of ether oxygens (including phenoxy) is 2. The van der Waals surface area contributed by atoms with E-state index >= 15 is 0 Å². The van der Waals surface area contributed by atoms with Gasteiger partial charge < -0.3 is 20.1 Å². The third kappa shape index (κ3) is 4.15. The van der Waals surface area contributed by atoms with E-state index in [1.807, 2.05) is 0 Å². The van der Waals surface area contributed by atoms with Gasteiger partial charge in [-0.3, -0.25) is 4.79 Å². The van der Waals surface area contributed by atoms with Gasteiger partial charge in [0.1, 0.15) is 0 Å². The third-order valence-corrected chi connectivity index (χ3v) is 2.60. The minimum Gasteiger partial charge on any atom is -0.354 e. The van der Waals surface area contributed by atoms with Crippen LogP contribution < -0.4 is 10.6 Å². The summed E-state index contributed by atoms with van der Waals surface area (Å²) in [6, 6.07) is -0.0480. The molecule has 1 fully saturated rings. The molecule has 0 radical (unpaired) electrons. The Morgan fingerprint density at radius 2 is 2.20 bits per heavy atom. The number of piperidine rings is 1. The predicted octanol–water partition coefficient (Wildman–Crippen LogP) is -0.136. The second-order valence-electron chi connectivity index (χ2n) is 3.65. The highest BCUT2D eigenvalue weighted by molar-refractivity contribution is 5.81. The Hall–Kier alpha value is -0.650. The zero-order valence-electron chi connectivity index (χ0n) is 9.41. The lowest BCUT2D eigenvalue weighted by Gasteiger charge is -2.23. The first-order valence-corrected chi connectivity index (χ1v) is 5.34. The Labute approximate surface area is 90.5 Å². The molecule has 2 N–H and O–H groups in total. The SMILES string of the molecule is COC(CNC(=O)C1CCCCN1)OC. The summed E-state index contributed by atoms with van der Waals surface area (Å²) in [7, 11) is 3.11. The molecule has 0 bridgehead atoms. The van der Waals surface area contributed by atoms with E-state index in [0.717, 1.165) is 25.8 Å². The van der Waals surface area contributed by atoms with Crippen LogP contribution in [0.3, 0.4) is 0 Å². The molecule has 88 valence electrons. The molecule has 0 saturated carbocycles. The maximum absolute atomic E-state index is 11.6. The Kier molecular flexibility index (Phi) is 5.60. The quantitative estimate of drug-likeness (QED) is 0.628. The number of carbonyl (C=O) groups is 1. The maximum Gasteiger partial charge on any atom is 0.237 e. The summed E-state index contributed by atoms with van der Waals surface area (Å²) in [5.74, 6) is 0.0359. The number of amides is 1. The highest BCUT2D eigenvalue weighted by Gasteiger charge is 2.20. The van der Waals surface area contributed by atoms with E-state index in [1.165, 1.54) is 0 Å². The van der Waals surface area contributed by atoms with Crippen LogP contribution in [0.25, 0.3) is 0 Å². The number of nitrogens with one attached hydrogen (secondary N) is 2. The first kappa shape index (κ1) is 12.4. The summed E-state index contributed by atoms with van der Waals surface area (Å²) in [5, 5.41) is 5.99. The molecule has 0 spiro atoms. The zero-order chi connectivity index (χ0) is 11.1. The molecule has 1 rings (SSSR count). The number of hydrogen-bond donors (Lipinski definition) is 2. The Morgan fingerprint density at radius 3 is 2.73 bits per heavy atom. The van der Waals surface area contributed by atoms with Gasteiger partial charge in [0.2, 0.25) is 5.91 Å². The van der Waals surface area contributed by atoms with Gasteiger partial charge in [0.25, 0.3) is 0 Å². The van der Waals surface area contributed by atoms with Gasteiger partial charge in [-0.2, -0.15) is 0 Å². The van der Waals surface area contributed by atoms with E-state index in [1.54, 1.807) is 14.2 Å². The lowest BCUT2D eigenvalue weighted by molar-refractivity contribution is -0.129. The standard InChI is InChI=1S/C10H20N2O3/c1-14-9(15-2)7-12-10(13)8-5-3-4-6-11-8/h8-9,11H,3-7H2,1-2H3,(H,12,13). The average molecular weight is 216 g/mol. The van der Waals surface area contributed by atoms with Crippen LogP contribution in [-0.2, 0) is 14.3 Å². The van der Waals surface area contributed by atoms with E-state index < -0.39 is 0 Å². The summed E-state index contributed by atoms with van der Waals surface area (Å²) < 4.78 is 9.96. The van der Waals surface area contributed by atoms with Crippen molar-refractivity contribution >= 4 is 5.91 Å². The maximum atomic E-state index is 11.6. The van der Waals surface area contributed by atoms with Crippen molar-refractivity contribution in [2.24, 2.45) is 0 Å². The Bertz CT molecular complexity index is 189. The minimum absolute atomic E-state index is 0.0359. The number of rotatable bonds is 5. The van der Waals surface area contributed by atoms with Crippen molar-refractivity contribution in [3.05, 3.63) is 0 Å². The van der Waals surface area contributed by atoms with E-state index in [2.05, 4.69) is 10.6 Å². The lowest BCUT2D eigenvalue weighted by Crippen LogP contribution is -2.48. The second kappa shape index (κ2) is 6.76. The first-order chi connectivity index (χ1) is 7.27. The number of methoxy groups -OCH3 is 2. The summed E-state index contributed by atoms with van der Waals surface area (Å²) in [6.45, 7) is 1.32. The number of hydrogen-bond acceptors (Lipinski definition) is 4. The number of carbonyl (C=O) groups excluding carboxylic acids is 1. The van der Waals surface area contributed by atoms with Crippen molar-refractivity contribution in [3.63, 3.8) is 0 Å². The fourth-order valence-electron chi connectivity index (χ4n) is 1.65. The fourth-order valence-corrected chi connectivity index (χ4v) is 1.65. The second-order valence-corrected chi connectivity index (χ2v) is 3.65. The molecule has 0 aliphatic carbocycles. The summed E-state index contributed by atoms with van der Waals surface area (Å²) in [6.07, 6.45) is 2.82. The van der Waals surface area contributed by atoms with Gasteiger partial charge in [0.15, 0.2) is 6.29 Å². The molecule has 1 aliphatic heterocycles. The van der Waals surface area contributed by atoms with Crippen LogP contribution >= 0.6 is 0 Å². The van der Waals surface area contributed by atoms with Gasteiger partial charge in [-0.1, -0.05) is 6.42 Å². The molecule has 1 amide bonds. The molecule has 1 saturated heterocycles. The highest BCUT2D eigenvalue weighted by Crippen LogP contribution is 2.06. The Balaban J connectivity index is 2.22. The third-order valence-electron chi connectivity index (χ3n) is 2.60. The van der Waals surface area contributed by atoms with Crippen LogP contribution in [0.15, 0.2) is 0 Å². The van der Waals surface area contributed by atoms with Crippen molar-refractivity contribution in [2.75, 3.05) is 27.3 Å². The molecule has 1 aliphatic rings. The molecule has 5 heteroatoms. The smallest absolute Gasteiger partial charge is 0.237 e. The van der Waals surface area contributed by atoms with Crippen LogP contribution in [-0.4, -0.2) is 45.5 Å². The molecule has 0 aromatic heterocycles. The predicted molar refractivity (Wildman–Crippen MR) is 56.5 cm³/mol. The van der Waals surface area contributed by atoms with Crippen molar-refractivity contribution in [1.29, 1.82) is 0 Å². The van der Waals surface area contributed by atoms with Crippen LogP contribution in [0.4, 0.5) is 0 Å². The summed E-state index contributed by atoms with van der Waals surface area (Å²) >= 11 is 0. The van der Waals surface area contributed by atoms with Crippen LogP contribution in [0.2, 0.25) is 0 Å². The molecular weight excluding hydrogens is 196 g/mol. The van der Waals surface area contributed by atoms with Gasteiger partial charge in [-0.25, -0.2) is 0 Å². The molecule has 0 aromatic carbocycles. The minimum atomic E-state index is -0.363.